The Kier molecular flexibility index (Phi) is 3.47. The summed E-state index contributed by atoms with van der Waals surface area (Å²) in [5.74, 6) is 0.779. The first kappa shape index (κ1) is 12.4. The Morgan fingerprint density at radius 2 is 2.06 bits per heavy atom. The molecule has 0 saturated heterocycles. The lowest BCUT2D eigenvalue weighted by molar-refractivity contribution is 0.266. The Balaban J connectivity index is 2.11. The lowest BCUT2D eigenvalue weighted by Gasteiger charge is -2.15. The van der Waals surface area contributed by atoms with Crippen molar-refractivity contribution in [2.24, 2.45) is 5.41 Å². The van der Waals surface area contributed by atoms with Crippen LogP contribution in [0, 0.1) is 16.7 Å². The van der Waals surface area contributed by atoms with E-state index >= 15 is 0 Å². The molecule has 1 aromatic heterocycles. The molecule has 3 heteroatoms. The second-order valence-electron chi connectivity index (χ2n) is 4.93. The fourth-order valence-electron chi connectivity index (χ4n) is 1.66. The zero-order valence-electron chi connectivity index (χ0n) is 10.7. The number of hydrogen-bond acceptors (Lipinski definition) is 3. The van der Waals surface area contributed by atoms with Gasteiger partial charge in [-0.2, -0.15) is 5.26 Å². The SMILES string of the molecule is CC(C)(C#N)CCOc1cccc2cccnc12. The molecule has 2 aromatic rings. The summed E-state index contributed by atoms with van der Waals surface area (Å²) < 4.78 is 5.74. The predicted molar refractivity (Wildman–Crippen MR) is 71.2 cm³/mol. The summed E-state index contributed by atoms with van der Waals surface area (Å²) in [7, 11) is 0. The third kappa shape index (κ3) is 2.78. The zero-order valence-corrected chi connectivity index (χ0v) is 10.7. The van der Waals surface area contributed by atoms with Gasteiger partial charge < -0.3 is 4.74 Å². The summed E-state index contributed by atoms with van der Waals surface area (Å²) in [6.45, 7) is 4.35. The molecule has 0 radical (unpaired) electrons. The maximum Gasteiger partial charge on any atom is 0.145 e. The van der Waals surface area contributed by atoms with E-state index in [9.17, 15) is 0 Å². The molecule has 0 aliphatic heterocycles. The standard InChI is InChI=1S/C15H16N2O/c1-15(2,11-16)8-10-18-13-7-3-5-12-6-4-9-17-14(12)13/h3-7,9H,8,10H2,1-2H3. The van der Waals surface area contributed by atoms with Crippen molar-refractivity contribution in [3.8, 4) is 11.8 Å². The largest absolute Gasteiger partial charge is 0.491 e. The Morgan fingerprint density at radius 1 is 1.28 bits per heavy atom. The van der Waals surface area contributed by atoms with Gasteiger partial charge >= 0.3 is 0 Å². The van der Waals surface area contributed by atoms with Crippen LogP contribution in [0.2, 0.25) is 0 Å². The highest BCUT2D eigenvalue weighted by Crippen LogP contribution is 2.24. The molecule has 3 nitrogen and oxygen atoms in total. The summed E-state index contributed by atoms with van der Waals surface area (Å²) in [4.78, 5) is 4.33. The van der Waals surface area contributed by atoms with Gasteiger partial charge in [0.1, 0.15) is 11.3 Å². The lowest BCUT2D eigenvalue weighted by Crippen LogP contribution is -2.13. The average molecular weight is 240 g/mol. The molecule has 0 amide bonds. The second-order valence-corrected chi connectivity index (χ2v) is 4.93. The Labute approximate surface area is 107 Å². The van der Waals surface area contributed by atoms with Crippen LogP contribution >= 0.6 is 0 Å². The average Bonchev–Trinajstić information content (AvgIpc) is 2.39. The van der Waals surface area contributed by atoms with Crippen LogP contribution in [-0.2, 0) is 0 Å². The number of benzene rings is 1. The number of aromatic nitrogens is 1. The second kappa shape index (κ2) is 5.05. The molecular formula is C15H16N2O. The van der Waals surface area contributed by atoms with E-state index in [1.807, 2.05) is 44.2 Å². The van der Waals surface area contributed by atoms with Crippen LogP contribution in [0.4, 0.5) is 0 Å². The number of pyridine rings is 1. The fraction of sp³-hybridized carbons (Fsp3) is 0.333. The Bertz CT molecular complexity index is 579. The van der Waals surface area contributed by atoms with Gasteiger partial charge in [0.05, 0.1) is 18.1 Å². The van der Waals surface area contributed by atoms with Crippen LogP contribution in [-0.4, -0.2) is 11.6 Å². The number of nitrogens with zero attached hydrogens (tertiary/aromatic N) is 2. The van der Waals surface area contributed by atoms with E-state index < -0.39 is 0 Å². The Morgan fingerprint density at radius 3 is 2.83 bits per heavy atom. The first-order valence-corrected chi connectivity index (χ1v) is 6.00. The van der Waals surface area contributed by atoms with Gasteiger partial charge in [0.2, 0.25) is 0 Å². The molecule has 1 heterocycles. The summed E-state index contributed by atoms with van der Waals surface area (Å²) in [5.41, 5.74) is 0.521. The van der Waals surface area contributed by atoms with Gasteiger partial charge in [-0.05, 0) is 32.4 Å². The highest BCUT2D eigenvalue weighted by atomic mass is 16.5. The number of nitriles is 1. The molecule has 0 unspecified atom stereocenters. The Hall–Kier alpha value is -2.08. The van der Waals surface area contributed by atoms with Gasteiger partial charge in [0.15, 0.2) is 0 Å². The zero-order chi connectivity index (χ0) is 13.0. The first-order valence-electron chi connectivity index (χ1n) is 6.00. The van der Waals surface area contributed by atoms with E-state index in [4.69, 9.17) is 10.00 Å². The molecule has 1 aromatic carbocycles. The summed E-state index contributed by atoms with van der Waals surface area (Å²) in [6, 6.07) is 12.1. The quantitative estimate of drug-likeness (QED) is 0.821. The number of para-hydroxylation sites is 1. The van der Waals surface area contributed by atoms with Crippen molar-refractivity contribution in [1.29, 1.82) is 5.26 Å². The first-order chi connectivity index (χ1) is 8.62. The summed E-state index contributed by atoms with van der Waals surface area (Å²) >= 11 is 0. The minimum atomic E-state index is -0.349. The minimum absolute atomic E-state index is 0.349. The van der Waals surface area contributed by atoms with E-state index in [2.05, 4.69) is 11.1 Å². The van der Waals surface area contributed by atoms with Crippen LogP contribution in [0.3, 0.4) is 0 Å². The number of ether oxygens (including phenoxy) is 1. The molecule has 0 bridgehead atoms. The van der Waals surface area contributed by atoms with Gasteiger partial charge in [-0.25, -0.2) is 0 Å². The fourth-order valence-corrected chi connectivity index (χ4v) is 1.66. The van der Waals surface area contributed by atoms with Crippen LogP contribution in [0.5, 0.6) is 5.75 Å². The van der Waals surface area contributed by atoms with Crippen LogP contribution < -0.4 is 4.74 Å². The van der Waals surface area contributed by atoms with E-state index in [1.165, 1.54) is 0 Å². The molecule has 0 spiro atoms. The predicted octanol–water partition coefficient (Wildman–Crippen LogP) is 3.55. The van der Waals surface area contributed by atoms with Crippen LogP contribution in [0.1, 0.15) is 20.3 Å². The maximum atomic E-state index is 8.95. The summed E-state index contributed by atoms with van der Waals surface area (Å²) in [6.07, 6.45) is 2.46. The maximum absolute atomic E-state index is 8.95. The van der Waals surface area contributed by atoms with E-state index in [0.29, 0.717) is 13.0 Å². The third-order valence-corrected chi connectivity index (χ3v) is 2.88. The molecule has 0 fully saturated rings. The molecule has 0 atom stereocenters. The smallest absolute Gasteiger partial charge is 0.145 e. The van der Waals surface area contributed by atoms with Crippen molar-refractivity contribution in [3.63, 3.8) is 0 Å². The van der Waals surface area contributed by atoms with Gasteiger partial charge in [-0.15, -0.1) is 0 Å². The number of rotatable bonds is 4. The highest BCUT2D eigenvalue weighted by Gasteiger charge is 2.16. The topological polar surface area (TPSA) is 45.9 Å². The van der Waals surface area contributed by atoms with Gasteiger partial charge in [0.25, 0.3) is 0 Å². The molecule has 0 N–H and O–H groups in total. The van der Waals surface area contributed by atoms with Crippen LogP contribution in [0.15, 0.2) is 36.5 Å². The van der Waals surface area contributed by atoms with E-state index in [0.717, 1.165) is 16.7 Å². The van der Waals surface area contributed by atoms with Crippen molar-refractivity contribution in [2.75, 3.05) is 6.61 Å². The van der Waals surface area contributed by atoms with Gasteiger partial charge in [-0.3, -0.25) is 4.98 Å². The number of fused-ring (bicyclic) bond motifs is 1. The normalized spacial score (nSPS) is 11.2. The molecule has 2 rings (SSSR count). The van der Waals surface area contributed by atoms with Crippen molar-refractivity contribution >= 4 is 10.9 Å². The minimum Gasteiger partial charge on any atom is -0.491 e. The number of hydrogen-bond donors (Lipinski definition) is 0. The van der Waals surface area contributed by atoms with E-state index in [-0.39, 0.29) is 5.41 Å². The highest BCUT2D eigenvalue weighted by molar-refractivity contribution is 5.84. The molecular weight excluding hydrogens is 224 g/mol. The molecule has 0 saturated carbocycles. The van der Waals surface area contributed by atoms with Gasteiger partial charge in [0, 0.05) is 11.6 Å². The van der Waals surface area contributed by atoms with Crippen molar-refractivity contribution in [1.82, 2.24) is 4.98 Å². The molecule has 18 heavy (non-hydrogen) atoms. The molecule has 0 aliphatic carbocycles. The van der Waals surface area contributed by atoms with Crippen molar-refractivity contribution in [2.45, 2.75) is 20.3 Å². The van der Waals surface area contributed by atoms with Crippen molar-refractivity contribution in [3.05, 3.63) is 36.5 Å². The molecule has 92 valence electrons. The van der Waals surface area contributed by atoms with E-state index in [1.54, 1.807) is 6.20 Å². The van der Waals surface area contributed by atoms with Crippen molar-refractivity contribution < 1.29 is 4.74 Å². The molecule has 0 aliphatic rings. The third-order valence-electron chi connectivity index (χ3n) is 2.88. The summed E-state index contributed by atoms with van der Waals surface area (Å²) in [5, 5.41) is 10.0. The van der Waals surface area contributed by atoms with Crippen LogP contribution in [0.25, 0.3) is 10.9 Å². The van der Waals surface area contributed by atoms with Gasteiger partial charge in [-0.1, -0.05) is 18.2 Å². The monoisotopic (exact) mass is 240 g/mol. The lowest BCUT2D eigenvalue weighted by atomic mass is 9.92.